The van der Waals surface area contributed by atoms with Crippen LogP contribution in [0.4, 0.5) is 0 Å². The van der Waals surface area contributed by atoms with Gasteiger partial charge in [-0.2, -0.15) is 0 Å². The van der Waals surface area contributed by atoms with Crippen LogP contribution < -0.4 is 5.73 Å². The van der Waals surface area contributed by atoms with Crippen molar-refractivity contribution < 1.29 is 5.21 Å². The molecule has 0 amide bonds. The van der Waals surface area contributed by atoms with Gasteiger partial charge in [0.15, 0.2) is 5.84 Å². The van der Waals surface area contributed by atoms with Crippen LogP contribution in [0.25, 0.3) is 0 Å². The maximum Gasteiger partial charge on any atom is 0.170 e. The van der Waals surface area contributed by atoms with Crippen molar-refractivity contribution in [3.8, 4) is 0 Å². The highest BCUT2D eigenvalue weighted by Gasteiger charge is 2.31. The fraction of sp³-hybridized carbons (Fsp3) is 0.562. The average molecular weight is 275 g/mol. The van der Waals surface area contributed by atoms with Crippen LogP contribution in [0, 0.1) is 11.3 Å². The van der Waals surface area contributed by atoms with Crippen LogP contribution in [0.5, 0.6) is 0 Å². The molecule has 2 rings (SSSR count). The monoisotopic (exact) mass is 275 g/mol. The SMILES string of the molecule is CC(C)(C)C1CCN(Cc2ccccc2/C(N)=N/O)C1. The normalized spacial score (nSPS) is 21.4. The van der Waals surface area contributed by atoms with Crippen LogP contribution in [0.3, 0.4) is 0 Å². The minimum Gasteiger partial charge on any atom is -0.409 e. The molecule has 1 fully saturated rings. The molecule has 3 N–H and O–H groups in total. The first-order valence-electron chi connectivity index (χ1n) is 7.20. The number of nitrogens with zero attached hydrogens (tertiary/aromatic N) is 2. The lowest BCUT2D eigenvalue weighted by Crippen LogP contribution is -2.27. The molecule has 1 aliphatic rings. The van der Waals surface area contributed by atoms with Crippen molar-refractivity contribution in [2.75, 3.05) is 13.1 Å². The maximum atomic E-state index is 8.87. The molecule has 0 saturated carbocycles. The van der Waals surface area contributed by atoms with Crippen molar-refractivity contribution in [2.24, 2.45) is 22.2 Å². The molecule has 1 aromatic carbocycles. The minimum atomic E-state index is 0.187. The predicted molar refractivity (Wildman–Crippen MR) is 81.8 cm³/mol. The Morgan fingerprint density at radius 1 is 1.40 bits per heavy atom. The van der Waals surface area contributed by atoms with E-state index in [9.17, 15) is 0 Å². The van der Waals surface area contributed by atoms with Crippen molar-refractivity contribution in [1.82, 2.24) is 4.90 Å². The summed E-state index contributed by atoms with van der Waals surface area (Å²) in [5, 5.41) is 12.0. The van der Waals surface area contributed by atoms with Gasteiger partial charge in [-0.3, -0.25) is 4.90 Å². The number of oxime groups is 1. The van der Waals surface area contributed by atoms with Gasteiger partial charge in [0, 0.05) is 18.7 Å². The zero-order chi connectivity index (χ0) is 14.8. The van der Waals surface area contributed by atoms with Crippen molar-refractivity contribution in [3.63, 3.8) is 0 Å². The highest BCUT2D eigenvalue weighted by Crippen LogP contribution is 2.34. The second kappa shape index (κ2) is 5.83. The van der Waals surface area contributed by atoms with Crippen LogP contribution in [-0.4, -0.2) is 29.0 Å². The van der Waals surface area contributed by atoms with E-state index < -0.39 is 0 Å². The van der Waals surface area contributed by atoms with Gasteiger partial charge in [-0.15, -0.1) is 0 Å². The number of hydrogen-bond acceptors (Lipinski definition) is 3. The van der Waals surface area contributed by atoms with E-state index in [4.69, 9.17) is 10.9 Å². The molecule has 0 aliphatic carbocycles. The predicted octanol–water partition coefficient (Wildman–Crippen LogP) is 2.65. The summed E-state index contributed by atoms with van der Waals surface area (Å²) in [7, 11) is 0. The van der Waals surface area contributed by atoms with Gasteiger partial charge in [0.1, 0.15) is 0 Å². The Hall–Kier alpha value is -1.55. The first kappa shape index (κ1) is 14.9. The Kier molecular flexibility index (Phi) is 4.33. The molecule has 0 radical (unpaired) electrons. The van der Waals surface area contributed by atoms with E-state index in [0.717, 1.165) is 36.7 Å². The molecular weight excluding hydrogens is 250 g/mol. The molecule has 1 aromatic rings. The van der Waals surface area contributed by atoms with Crippen LogP contribution in [0.1, 0.15) is 38.3 Å². The summed E-state index contributed by atoms with van der Waals surface area (Å²) in [6.45, 7) is 10.0. The molecule has 0 bridgehead atoms. The summed E-state index contributed by atoms with van der Waals surface area (Å²) in [6, 6.07) is 7.87. The zero-order valence-corrected chi connectivity index (χ0v) is 12.6. The van der Waals surface area contributed by atoms with Crippen LogP contribution in [-0.2, 0) is 6.54 Å². The summed E-state index contributed by atoms with van der Waals surface area (Å²) in [5.74, 6) is 0.922. The highest BCUT2D eigenvalue weighted by atomic mass is 16.4. The summed E-state index contributed by atoms with van der Waals surface area (Å²) in [6.07, 6.45) is 1.25. The summed E-state index contributed by atoms with van der Waals surface area (Å²) >= 11 is 0. The fourth-order valence-electron chi connectivity index (χ4n) is 2.89. The smallest absolute Gasteiger partial charge is 0.170 e. The molecule has 110 valence electrons. The van der Waals surface area contributed by atoms with Gasteiger partial charge < -0.3 is 10.9 Å². The zero-order valence-electron chi connectivity index (χ0n) is 12.6. The van der Waals surface area contributed by atoms with E-state index in [1.54, 1.807) is 0 Å². The van der Waals surface area contributed by atoms with Crippen molar-refractivity contribution in [2.45, 2.75) is 33.7 Å². The molecule has 4 nitrogen and oxygen atoms in total. The van der Waals surface area contributed by atoms with E-state index in [-0.39, 0.29) is 5.84 Å². The van der Waals surface area contributed by atoms with Gasteiger partial charge in [-0.1, -0.05) is 50.2 Å². The van der Waals surface area contributed by atoms with E-state index in [2.05, 4.69) is 36.9 Å². The highest BCUT2D eigenvalue weighted by molar-refractivity contribution is 5.98. The Labute approximate surface area is 121 Å². The second-order valence-electron chi connectivity index (χ2n) is 6.73. The standard InChI is InChI=1S/C16H25N3O/c1-16(2,3)13-8-9-19(11-13)10-12-6-4-5-7-14(12)15(17)18-20/h4-7,13,20H,8-11H2,1-3H3,(H2,17,18). The van der Waals surface area contributed by atoms with Gasteiger partial charge in [0.25, 0.3) is 0 Å². The first-order valence-corrected chi connectivity index (χ1v) is 7.20. The Balaban J connectivity index is 2.09. The van der Waals surface area contributed by atoms with Gasteiger partial charge in [0.2, 0.25) is 0 Å². The maximum absolute atomic E-state index is 8.87. The number of amidine groups is 1. The third kappa shape index (κ3) is 3.31. The van der Waals surface area contributed by atoms with Crippen LogP contribution in [0.2, 0.25) is 0 Å². The Morgan fingerprint density at radius 2 is 2.10 bits per heavy atom. The van der Waals surface area contributed by atoms with E-state index >= 15 is 0 Å². The van der Waals surface area contributed by atoms with E-state index in [1.807, 2.05) is 18.2 Å². The van der Waals surface area contributed by atoms with Gasteiger partial charge in [0.05, 0.1) is 0 Å². The molecule has 1 atom stereocenters. The Morgan fingerprint density at radius 3 is 2.70 bits per heavy atom. The lowest BCUT2D eigenvalue weighted by molar-refractivity contribution is 0.226. The van der Waals surface area contributed by atoms with Gasteiger partial charge >= 0.3 is 0 Å². The summed E-state index contributed by atoms with van der Waals surface area (Å²) in [4.78, 5) is 2.46. The van der Waals surface area contributed by atoms with E-state index in [1.165, 1.54) is 6.42 Å². The molecule has 20 heavy (non-hydrogen) atoms. The lowest BCUT2D eigenvalue weighted by atomic mass is 9.80. The first-order chi connectivity index (χ1) is 9.41. The van der Waals surface area contributed by atoms with Crippen molar-refractivity contribution in [1.29, 1.82) is 0 Å². The van der Waals surface area contributed by atoms with Crippen LogP contribution >= 0.6 is 0 Å². The minimum absolute atomic E-state index is 0.187. The van der Waals surface area contributed by atoms with Gasteiger partial charge in [-0.05, 0) is 29.9 Å². The van der Waals surface area contributed by atoms with Crippen LogP contribution in [0.15, 0.2) is 29.4 Å². The van der Waals surface area contributed by atoms with Gasteiger partial charge in [-0.25, -0.2) is 0 Å². The summed E-state index contributed by atoms with van der Waals surface area (Å²) < 4.78 is 0. The third-order valence-corrected chi connectivity index (χ3v) is 4.29. The number of likely N-dealkylation sites (tertiary alicyclic amines) is 1. The van der Waals surface area contributed by atoms with E-state index in [0.29, 0.717) is 5.41 Å². The number of rotatable bonds is 3. The number of benzene rings is 1. The average Bonchev–Trinajstić information content (AvgIpc) is 2.87. The summed E-state index contributed by atoms with van der Waals surface area (Å²) in [5.41, 5.74) is 8.06. The molecule has 4 heteroatoms. The second-order valence-corrected chi connectivity index (χ2v) is 6.73. The molecule has 0 aromatic heterocycles. The lowest BCUT2D eigenvalue weighted by Gasteiger charge is -2.27. The topological polar surface area (TPSA) is 61.8 Å². The Bertz CT molecular complexity index is 491. The molecule has 0 spiro atoms. The largest absolute Gasteiger partial charge is 0.409 e. The quantitative estimate of drug-likeness (QED) is 0.386. The molecule has 1 saturated heterocycles. The molecule has 1 heterocycles. The molecule has 1 unspecified atom stereocenters. The van der Waals surface area contributed by atoms with Crippen molar-refractivity contribution >= 4 is 5.84 Å². The fourth-order valence-corrected chi connectivity index (χ4v) is 2.89. The number of nitrogens with two attached hydrogens (primary N) is 1. The number of hydrogen-bond donors (Lipinski definition) is 2. The molecule has 1 aliphatic heterocycles. The third-order valence-electron chi connectivity index (χ3n) is 4.29. The van der Waals surface area contributed by atoms with Crippen molar-refractivity contribution in [3.05, 3.63) is 35.4 Å². The molecular formula is C16H25N3O.